The lowest BCUT2D eigenvalue weighted by Crippen LogP contribution is -2.10. The number of benzene rings is 1. The molecule has 7 nitrogen and oxygen atoms in total. The van der Waals surface area contributed by atoms with Crippen LogP contribution in [0.25, 0.3) is 0 Å². The molecule has 0 fully saturated rings. The van der Waals surface area contributed by atoms with Gasteiger partial charge in [-0.25, -0.2) is 4.98 Å². The van der Waals surface area contributed by atoms with Crippen LogP contribution in [0.2, 0.25) is 0 Å². The molecule has 0 unspecified atom stereocenters. The van der Waals surface area contributed by atoms with Crippen LogP contribution in [0.1, 0.15) is 15.9 Å². The molecule has 0 bridgehead atoms. The highest BCUT2D eigenvalue weighted by atomic mass is 16.6. The molecule has 0 atom stereocenters. The number of nitrogens with zero attached hydrogens (tertiary/aromatic N) is 2. The van der Waals surface area contributed by atoms with Gasteiger partial charge in [0.15, 0.2) is 5.78 Å². The summed E-state index contributed by atoms with van der Waals surface area (Å²) in [5.74, 6) is -0.497. The minimum Gasteiger partial charge on any atom is -0.398 e. The second-order valence-corrected chi connectivity index (χ2v) is 3.80. The summed E-state index contributed by atoms with van der Waals surface area (Å²) in [5, 5.41) is 10.7. The number of nitro benzene ring substituents is 1. The van der Waals surface area contributed by atoms with Gasteiger partial charge in [-0.2, -0.15) is 0 Å². The Bertz CT molecular complexity index is 650. The Kier molecular flexibility index (Phi) is 3.11. The van der Waals surface area contributed by atoms with E-state index in [2.05, 4.69) is 4.98 Å². The topological polar surface area (TPSA) is 125 Å². The summed E-state index contributed by atoms with van der Waals surface area (Å²) in [7, 11) is 0. The zero-order valence-electron chi connectivity index (χ0n) is 9.74. The fraction of sp³-hybridized carbons (Fsp3) is 0. The maximum atomic E-state index is 12.2. The van der Waals surface area contributed by atoms with E-state index in [0.717, 1.165) is 0 Å². The second kappa shape index (κ2) is 4.73. The molecule has 0 spiro atoms. The van der Waals surface area contributed by atoms with Gasteiger partial charge in [0, 0.05) is 29.6 Å². The molecule has 1 aromatic heterocycles. The van der Waals surface area contributed by atoms with E-state index >= 15 is 0 Å². The lowest BCUT2D eigenvalue weighted by atomic mass is 10.0. The number of nitrogens with two attached hydrogens (primary N) is 2. The number of hydrogen-bond donors (Lipinski definition) is 2. The molecule has 1 aromatic carbocycles. The summed E-state index contributed by atoms with van der Waals surface area (Å²) in [6.45, 7) is 0. The number of nitrogen functional groups attached to an aromatic ring is 2. The van der Waals surface area contributed by atoms with E-state index < -0.39 is 10.7 Å². The van der Waals surface area contributed by atoms with Gasteiger partial charge in [-0.05, 0) is 6.07 Å². The van der Waals surface area contributed by atoms with Crippen molar-refractivity contribution >= 4 is 23.0 Å². The molecule has 0 aliphatic heterocycles. The zero-order chi connectivity index (χ0) is 14.0. The van der Waals surface area contributed by atoms with Gasteiger partial charge in [0.05, 0.1) is 10.5 Å². The van der Waals surface area contributed by atoms with E-state index in [1.54, 1.807) is 0 Å². The van der Waals surface area contributed by atoms with Crippen molar-refractivity contribution in [3.05, 3.63) is 57.8 Å². The lowest BCUT2D eigenvalue weighted by Gasteiger charge is -2.06. The molecule has 0 radical (unpaired) electrons. The van der Waals surface area contributed by atoms with E-state index in [1.165, 1.54) is 36.5 Å². The largest absolute Gasteiger partial charge is 0.398 e. The molecule has 0 amide bonds. The number of carbonyl (C=O) groups is 1. The summed E-state index contributed by atoms with van der Waals surface area (Å²) >= 11 is 0. The van der Waals surface area contributed by atoms with Gasteiger partial charge in [0.2, 0.25) is 0 Å². The lowest BCUT2D eigenvalue weighted by molar-refractivity contribution is -0.384. The van der Waals surface area contributed by atoms with Gasteiger partial charge >= 0.3 is 0 Å². The van der Waals surface area contributed by atoms with Crippen molar-refractivity contribution in [2.45, 2.75) is 0 Å². The van der Waals surface area contributed by atoms with Crippen molar-refractivity contribution in [1.29, 1.82) is 0 Å². The SMILES string of the molecule is Nc1ccnc(N)c1C(=O)c1cccc([N+](=O)[O-])c1. The van der Waals surface area contributed by atoms with Crippen LogP contribution in [-0.2, 0) is 0 Å². The molecule has 2 rings (SSSR count). The monoisotopic (exact) mass is 258 g/mol. The average molecular weight is 258 g/mol. The van der Waals surface area contributed by atoms with Crippen LogP contribution in [0.5, 0.6) is 0 Å². The smallest absolute Gasteiger partial charge is 0.270 e. The average Bonchev–Trinajstić information content (AvgIpc) is 2.38. The number of ketones is 1. The highest BCUT2D eigenvalue weighted by Gasteiger charge is 2.18. The summed E-state index contributed by atoms with van der Waals surface area (Å²) in [6, 6.07) is 6.80. The molecule has 0 aliphatic carbocycles. The summed E-state index contributed by atoms with van der Waals surface area (Å²) < 4.78 is 0. The number of aromatic nitrogens is 1. The molecule has 1 heterocycles. The molecular weight excluding hydrogens is 248 g/mol. The molecule has 96 valence electrons. The number of nitro groups is 1. The third-order valence-corrected chi connectivity index (χ3v) is 2.56. The third-order valence-electron chi connectivity index (χ3n) is 2.56. The van der Waals surface area contributed by atoms with Crippen LogP contribution in [0, 0.1) is 10.1 Å². The van der Waals surface area contributed by atoms with Gasteiger partial charge in [-0.3, -0.25) is 14.9 Å². The van der Waals surface area contributed by atoms with E-state index in [-0.39, 0.29) is 28.3 Å². The van der Waals surface area contributed by atoms with E-state index in [0.29, 0.717) is 0 Å². The summed E-state index contributed by atoms with van der Waals surface area (Å²) in [5.41, 5.74) is 11.5. The van der Waals surface area contributed by atoms with Crippen molar-refractivity contribution in [2.75, 3.05) is 11.5 Å². The molecule has 2 aromatic rings. The standard InChI is InChI=1S/C12H10N4O3/c13-9-4-5-15-12(14)10(9)11(17)7-2-1-3-8(6-7)16(18)19/h1-6H,(H4,13,14,15). The normalized spacial score (nSPS) is 10.1. The number of anilines is 2. The first-order valence-electron chi connectivity index (χ1n) is 5.30. The van der Waals surface area contributed by atoms with Crippen molar-refractivity contribution < 1.29 is 9.72 Å². The third kappa shape index (κ3) is 2.34. The van der Waals surface area contributed by atoms with E-state index in [4.69, 9.17) is 11.5 Å². The minimum atomic E-state index is -0.577. The molecule has 4 N–H and O–H groups in total. The van der Waals surface area contributed by atoms with E-state index in [9.17, 15) is 14.9 Å². The summed E-state index contributed by atoms with van der Waals surface area (Å²) in [6.07, 6.45) is 1.38. The maximum Gasteiger partial charge on any atom is 0.270 e. The minimum absolute atomic E-state index is 0.00324. The number of non-ortho nitro benzene ring substituents is 1. The Morgan fingerprint density at radius 2 is 2.00 bits per heavy atom. The first-order valence-corrected chi connectivity index (χ1v) is 5.30. The highest BCUT2D eigenvalue weighted by Crippen LogP contribution is 2.22. The molecule has 7 heteroatoms. The molecule has 0 saturated heterocycles. The molecule has 0 saturated carbocycles. The van der Waals surface area contributed by atoms with Crippen LogP contribution in [0.15, 0.2) is 36.5 Å². The van der Waals surface area contributed by atoms with Gasteiger partial charge in [0.25, 0.3) is 5.69 Å². The van der Waals surface area contributed by atoms with E-state index in [1.807, 2.05) is 0 Å². The van der Waals surface area contributed by atoms with Gasteiger partial charge in [0.1, 0.15) is 5.82 Å². The van der Waals surface area contributed by atoms with Crippen LogP contribution >= 0.6 is 0 Å². The maximum absolute atomic E-state index is 12.2. The van der Waals surface area contributed by atoms with Crippen LogP contribution in [0.3, 0.4) is 0 Å². The van der Waals surface area contributed by atoms with Crippen molar-refractivity contribution in [3.8, 4) is 0 Å². The summed E-state index contributed by atoms with van der Waals surface area (Å²) in [4.78, 5) is 26.1. The van der Waals surface area contributed by atoms with Crippen molar-refractivity contribution in [3.63, 3.8) is 0 Å². The fourth-order valence-electron chi connectivity index (χ4n) is 1.65. The Morgan fingerprint density at radius 1 is 1.26 bits per heavy atom. The fourth-order valence-corrected chi connectivity index (χ4v) is 1.65. The molecular formula is C12H10N4O3. The van der Waals surface area contributed by atoms with Crippen LogP contribution in [-0.4, -0.2) is 15.7 Å². The number of rotatable bonds is 3. The first-order chi connectivity index (χ1) is 9.00. The van der Waals surface area contributed by atoms with Crippen LogP contribution in [0.4, 0.5) is 17.2 Å². The number of carbonyl (C=O) groups excluding carboxylic acids is 1. The Hall–Kier alpha value is -2.96. The molecule has 19 heavy (non-hydrogen) atoms. The van der Waals surface area contributed by atoms with Gasteiger partial charge in [-0.15, -0.1) is 0 Å². The van der Waals surface area contributed by atoms with Crippen molar-refractivity contribution in [2.24, 2.45) is 0 Å². The predicted octanol–water partition coefficient (Wildman–Crippen LogP) is 1.39. The van der Waals surface area contributed by atoms with Gasteiger partial charge in [-0.1, -0.05) is 12.1 Å². The Labute approximate surface area is 108 Å². The van der Waals surface area contributed by atoms with Crippen molar-refractivity contribution in [1.82, 2.24) is 4.98 Å². The Morgan fingerprint density at radius 3 is 2.63 bits per heavy atom. The van der Waals surface area contributed by atoms with Crippen LogP contribution < -0.4 is 11.5 Å². The quantitative estimate of drug-likeness (QED) is 0.486. The zero-order valence-corrected chi connectivity index (χ0v) is 9.74. The number of pyridine rings is 1. The predicted molar refractivity (Wildman–Crippen MR) is 69.6 cm³/mol. The van der Waals surface area contributed by atoms with Gasteiger partial charge < -0.3 is 11.5 Å². The second-order valence-electron chi connectivity index (χ2n) is 3.80. The number of hydrogen-bond acceptors (Lipinski definition) is 6. The molecule has 0 aliphatic rings. The Balaban J connectivity index is 2.50. The first kappa shape index (κ1) is 12.5. The highest BCUT2D eigenvalue weighted by molar-refractivity contribution is 6.15.